The van der Waals surface area contributed by atoms with Crippen LogP contribution in [-0.4, -0.2) is 6.21 Å². The van der Waals surface area contributed by atoms with Crippen molar-refractivity contribution in [1.29, 1.82) is 0 Å². The van der Waals surface area contributed by atoms with E-state index in [9.17, 15) is 0 Å². The molecule has 0 unspecified atom stereocenters. The van der Waals surface area contributed by atoms with E-state index in [0.29, 0.717) is 0 Å². The molecule has 2 aromatic carbocycles. The monoisotopic (exact) mass is 235 g/mol. The number of hydrogen-bond donors (Lipinski definition) is 0. The zero-order chi connectivity index (χ0) is 13.0. The van der Waals surface area contributed by atoms with Crippen LogP contribution in [-0.2, 0) is 0 Å². The Morgan fingerprint density at radius 2 is 1.67 bits per heavy atom. The standard InChI is InChI=1S/C17H17N/c1-4-14-13(3)9-8-11-15(14)16-10-6-7-12-17(16)18-5-2/h4-12H,3H2,1-2H3/b14-4-,18-5?. The third-order valence-corrected chi connectivity index (χ3v) is 2.95. The van der Waals surface area contributed by atoms with Crippen molar-refractivity contribution in [3.8, 4) is 11.1 Å². The first-order valence-corrected chi connectivity index (χ1v) is 6.10. The molecule has 0 atom stereocenters. The lowest BCUT2D eigenvalue weighted by Gasteiger charge is -2.07. The predicted molar refractivity (Wildman–Crippen MR) is 80.6 cm³/mol. The van der Waals surface area contributed by atoms with E-state index >= 15 is 0 Å². The van der Waals surface area contributed by atoms with Crippen LogP contribution in [0.25, 0.3) is 23.8 Å². The number of rotatable bonds is 2. The minimum atomic E-state index is 0.994. The lowest BCUT2D eigenvalue weighted by Crippen LogP contribution is -2.24. The number of benzene rings is 2. The third-order valence-electron chi connectivity index (χ3n) is 2.95. The van der Waals surface area contributed by atoms with Crippen LogP contribution in [0.5, 0.6) is 0 Å². The van der Waals surface area contributed by atoms with Gasteiger partial charge >= 0.3 is 0 Å². The molecule has 0 heterocycles. The van der Waals surface area contributed by atoms with Gasteiger partial charge in [0.05, 0.1) is 5.69 Å². The molecule has 0 radical (unpaired) electrons. The quantitative estimate of drug-likeness (QED) is 0.708. The highest BCUT2D eigenvalue weighted by molar-refractivity contribution is 5.79. The Kier molecular flexibility index (Phi) is 3.73. The van der Waals surface area contributed by atoms with E-state index in [-0.39, 0.29) is 0 Å². The van der Waals surface area contributed by atoms with Gasteiger partial charge in [-0.15, -0.1) is 0 Å². The van der Waals surface area contributed by atoms with Gasteiger partial charge in [0.25, 0.3) is 0 Å². The minimum absolute atomic E-state index is 0.994. The Morgan fingerprint density at radius 1 is 0.944 bits per heavy atom. The first kappa shape index (κ1) is 12.3. The Balaban J connectivity index is 2.78. The summed E-state index contributed by atoms with van der Waals surface area (Å²) < 4.78 is 0. The van der Waals surface area contributed by atoms with Crippen molar-refractivity contribution >= 4 is 24.6 Å². The van der Waals surface area contributed by atoms with E-state index < -0.39 is 0 Å². The molecule has 1 nitrogen and oxygen atoms in total. The highest BCUT2D eigenvalue weighted by atomic mass is 14.7. The van der Waals surface area contributed by atoms with Crippen LogP contribution in [0.3, 0.4) is 0 Å². The molecule has 0 spiro atoms. The molecule has 1 heteroatoms. The molecule has 0 aliphatic rings. The molecule has 0 bridgehead atoms. The van der Waals surface area contributed by atoms with Gasteiger partial charge in [0.15, 0.2) is 0 Å². The van der Waals surface area contributed by atoms with E-state index in [2.05, 4.69) is 29.8 Å². The Bertz CT molecular complexity index is 681. The highest BCUT2D eigenvalue weighted by Gasteiger charge is 2.04. The van der Waals surface area contributed by atoms with Crippen molar-refractivity contribution in [3.05, 3.63) is 52.9 Å². The van der Waals surface area contributed by atoms with Crippen molar-refractivity contribution < 1.29 is 0 Å². The summed E-state index contributed by atoms with van der Waals surface area (Å²) in [6, 6.07) is 14.4. The predicted octanol–water partition coefficient (Wildman–Crippen LogP) is 3.29. The SMILES string of the molecule is C=c1cccc(-c2ccccc2N=CC)/c1=C\C. The topological polar surface area (TPSA) is 12.4 Å². The minimum Gasteiger partial charge on any atom is -0.261 e. The van der Waals surface area contributed by atoms with E-state index in [4.69, 9.17) is 0 Å². The summed E-state index contributed by atoms with van der Waals surface area (Å²) in [5.41, 5.74) is 3.33. The van der Waals surface area contributed by atoms with E-state index in [1.165, 1.54) is 10.8 Å². The fraction of sp³-hybridized carbons (Fsp3) is 0.118. The van der Waals surface area contributed by atoms with Crippen LogP contribution < -0.4 is 10.4 Å². The van der Waals surface area contributed by atoms with Crippen LogP contribution in [0.15, 0.2) is 47.5 Å². The number of para-hydroxylation sites is 1. The first-order chi connectivity index (χ1) is 8.77. The van der Waals surface area contributed by atoms with Crippen molar-refractivity contribution in [1.82, 2.24) is 0 Å². The second-order valence-corrected chi connectivity index (χ2v) is 4.07. The molecule has 0 amide bonds. The second kappa shape index (κ2) is 5.46. The molecule has 18 heavy (non-hydrogen) atoms. The fourth-order valence-electron chi connectivity index (χ4n) is 2.14. The van der Waals surface area contributed by atoms with E-state index in [1.54, 1.807) is 0 Å². The Morgan fingerprint density at radius 3 is 2.39 bits per heavy atom. The smallest absolute Gasteiger partial charge is 0.0704 e. The van der Waals surface area contributed by atoms with Crippen molar-refractivity contribution in [3.63, 3.8) is 0 Å². The van der Waals surface area contributed by atoms with Crippen LogP contribution in [0.1, 0.15) is 13.8 Å². The molecule has 0 saturated carbocycles. The normalized spacial score (nSPS) is 12.2. The van der Waals surface area contributed by atoms with Crippen LogP contribution in [0.2, 0.25) is 0 Å². The Labute approximate surface area is 108 Å². The molecular formula is C17H17N. The molecule has 0 aromatic heterocycles. The number of hydrogen-bond acceptors (Lipinski definition) is 1. The third kappa shape index (κ3) is 2.25. The molecule has 0 aliphatic carbocycles. The molecular weight excluding hydrogens is 218 g/mol. The van der Waals surface area contributed by atoms with Gasteiger partial charge in [0.2, 0.25) is 0 Å². The van der Waals surface area contributed by atoms with E-state index in [1.807, 2.05) is 50.4 Å². The molecule has 0 fully saturated rings. The summed E-state index contributed by atoms with van der Waals surface area (Å²) in [7, 11) is 0. The summed E-state index contributed by atoms with van der Waals surface area (Å²) in [4.78, 5) is 4.43. The van der Waals surface area contributed by atoms with Gasteiger partial charge in [-0.25, -0.2) is 0 Å². The maximum Gasteiger partial charge on any atom is 0.0704 e. The molecule has 0 N–H and O–H groups in total. The average Bonchev–Trinajstić information content (AvgIpc) is 2.39. The molecule has 2 rings (SSSR count). The summed E-state index contributed by atoms with van der Waals surface area (Å²) in [5, 5.41) is 2.22. The van der Waals surface area contributed by atoms with Crippen LogP contribution in [0.4, 0.5) is 5.69 Å². The fourth-order valence-corrected chi connectivity index (χ4v) is 2.14. The summed E-state index contributed by atoms with van der Waals surface area (Å²) in [5.74, 6) is 0. The molecule has 2 aromatic rings. The van der Waals surface area contributed by atoms with Crippen molar-refractivity contribution in [2.75, 3.05) is 0 Å². The highest BCUT2D eigenvalue weighted by Crippen LogP contribution is 2.27. The van der Waals surface area contributed by atoms with Gasteiger partial charge in [-0.3, -0.25) is 4.99 Å². The van der Waals surface area contributed by atoms with Gasteiger partial charge in [0.1, 0.15) is 0 Å². The lowest BCUT2D eigenvalue weighted by atomic mass is 10.0. The van der Waals surface area contributed by atoms with Crippen molar-refractivity contribution in [2.24, 2.45) is 4.99 Å². The van der Waals surface area contributed by atoms with Gasteiger partial charge in [-0.1, -0.05) is 49.1 Å². The summed E-state index contributed by atoms with van der Waals surface area (Å²) in [6.07, 6.45) is 3.92. The molecule has 0 saturated heterocycles. The maximum atomic E-state index is 4.43. The first-order valence-electron chi connectivity index (χ1n) is 6.10. The summed E-state index contributed by atoms with van der Waals surface area (Å²) >= 11 is 0. The van der Waals surface area contributed by atoms with Crippen LogP contribution >= 0.6 is 0 Å². The maximum absolute atomic E-state index is 4.43. The zero-order valence-electron chi connectivity index (χ0n) is 10.9. The Hall–Kier alpha value is -2.15. The summed E-state index contributed by atoms with van der Waals surface area (Å²) in [6.45, 7) is 8.06. The largest absolute Gasteiger partial charge is 0.261 e. The number of nitrogens with zero attached hydrogens (tertiary/aromatic N) is 1. The van der Waals surface area contributed by atoms with Gasteiger partial charge in [-0.05, 0) is 35.9 Å². The molecule has 90 valence electrons. The zero-order valence-corrected chi connectivity index (χ0v) is 10.9. The van der Waals surface area contributed by atoms with Gasteiger partial charge in [0, 0.05) is 11.8 Å². The van der Waals surface area contributed by atoms with Gasteiger partial charge < -0.3 is 0 Å². The second-order valence-electron chi connectivity index (χ2n) is 4.07. The average molecular weight is 235 g/mol. The van der Waals surface area contributed by atoms with Gasteiger partial charge in [-0.2, -0.15) is 0 Å². The molecule has 0 aliphatic heterocycles. The van der Waals surface area contributed by atoms with Crippen molar-refractivity contribution in [2.45, 2.75) is 13.8 Å². The van der Waals surface area contributed by atoms with Crippen LogP contribution in [0, 0.1) is 0 Å². The van der Waals surface area contributed by atoms with E-state index in [0.717, 1.165) is 16.5 Å². The lowest BCUT2D eigenvalue weighted by molar-refractivity contribution is 1.46. The number of aliphatic imine (C=N–C) groups is 1.